The molecule has 0 radical (unpaired) electrons. The van der Waals surface area contributed by atoms with Crippen LogP contribution in [0.3, 0.4) is 0 Å². The molecule has 25 heavy (non-hydrogen) atoms. The largest absolute Gasteiger partial charge is 0.444 e. The van der Waals surface area contributed by atoms with Crippen molar-refractivity contribution in [1.82, 2.24) is 15.6 Å². The Morgan fingerprint density at radius 3 is 2.56 bits per heavy atom. The van der Waals surface area contributed by atoms with Crippen molar-refractivity contribution in [3.8, 4) is 0 Å². The van der Waals surface area contributed by atoms with Crippen molar-refractivity contribution in [2.75, 3.05) is 13.6 Å². The van der Waals surface area contributed by atoms with Gasteiger partial charge in [0.15, 0.2) is 5.96 Å². The van der Waals surface area contributed by atoms with E-state index in [1.165, 1.54) is 5.56 Å². The highest BCUT2D eigenvalue weighted by Gasteiger charge is 2.21. The van der Waals surface area contributed by atoms with E-state index in [1.807, 2.05) is 19.9 Å². The molecular weight excluding hydrogens is 495 g/mol. The maximum atomic E-state index is 5.58. The number of aryl methyl sites for hydroxylation is 2. The number of guanidine groups is 1. The molecule has 0 fully saturated rings. The Bertz CT molecular complexity index is 708. The minimum atomic E-state index is -0.0302. The average Bonchev–Trinajstić information content (AvgIpc) is 2.86. The van der Waals surface area contributed by atoms with Crippen LogP contribution in [0.1, 0.15) is 36.8 Å². The van der Waals surface area contributed by atoms with Crippen LogP contribution in [0, 0.1) is 13.8 Å². The number of oxazole rings is 1. The minimum Gasteiger partial charge on any atom is -0.444 e. The molecule has 1 heterocycles. The van der Waals surface area contributed by atoms with Gasteiger partial charge >= 0.3 is 0 Å². The van der Waals surface area contributed by atoms with E-state index in [1.54, 1.807) is 7.05 Å². The summed E-state index contributed by atoms with van der Waals surface area (Å²) in [7, 11) is 1.76. The Kier molecular flexibility index (Phi) is 8.40. The molecule has 0 unspecified atom stereocenters. The van der Waals surface area contributed by atoms with Crippen LogP contribution in [0.2, 0.25) is 0 Å². The second kappa shape index (κ2) is 9.56. The summed E-state index contributed by atoms with van der Waals surface area (Å²) in [6, 6.07) is 8.38. The lowest BCUT2D eigenvalue weighted by Gasteiger charge is -2.27. The second-order valence-electron chi connectivity index (χ2n) is 6.42. The second-order valence-corrected chi connectivity index (χ2v) is 7.34. The third-order valence-corrected chi connectivity index (χ3v) is 4.50. The van der Waals surface area contributed by atoms with Gasteiger partial charge in [0.05, 0.1) is 12.2 Å². The molecule has 2 rings (SSSR count). The first-order valence-corrected chi connectivity index (χ1v) is 8.74. The summed E-state index contributed by atoms with van der Waals surface area (Å²) in [6.07, 6.45) is 0. The van der Waals surface area contributed by atoms with Crippen LogP contribution in [0.4, 0.5) is 0 Å². The van der Waals surface area contributed by atoms with Crippen LogP contribution < -0.4 is 10.6 Å². The number of rotatable bonds is 5. The molecule has 2 aromatic rings. The average molecular weight is 521 g/mol. The minimum absolute atomic E-state index is 0. The number of hydrogen-bond donors (Lipinski definition) is 2. The summed E-state index contributed by atoms with van der Waals surface area (Å²) < 4.78 is 6.66. The van der Waals surface area contributed by atoms with Crippen LogP contribution in [0.5, 0.6) is 0 Å². The first-order valence-electron chi connectivity index (χ1n) is 7.95. The van der Waals surface area contributed by atoms with Gasteiger partial charge in [-0.15, -0.1) is 24.0 Å². The van der Waals surface area contributed by atoms with Crippen molar-refractivity contribution >= 4 is 45.9 Å². The van der Waals surface area contributed by atoms with Crippen molar-refractivity contribution in [2.24, 2.45) is 4.99 Å². The molecule has 1 aromatic heterocycles. The first kappa shape index (κ1) is 22.0. The number of aliphatic imine (C=N–C) groups is 1. The van der Waals surface area contributed by atoms with Gasteiger partial charge in [-0.3, -0.25) is 4.99 Å². The zero-order valence-corrected chi connectivity index (χ0v) is 19.2. The summed E-state index contributed by atoms with van der Waals surface area (Å²) in [5, 5.41) is 6.61. The van der Waals surface area contributed by atoms with Crippen molar-refractivity contribution in [3.63, 3.8) is 0 Å². The van der Waals surface area contributed by atoms with Gasteiger partial charge in [-0.05, 0) is 31.5 Å². The number of aromatic nitrogens is 1. The van der Waals surface area contributed by atoms with Gasteiger partial charge in [0, 0.05) is 23.5 Å². The van der Waals surface area contributed by atoms with Crippen LogP contribution >= 0.6 is 39.9 Å². The molecule has 1 aromatic carbocycles. The molecule has 0 aliphatic carbocycles. The molecule has 7 heteroatoms. The zero-order valence-electron chi connectivity index (χ0n) is 15.3. The van der Waals surface area contributed by atoms with E-state index < -0.39 is 0 Å². The molecule has 0 saturated heterocycles. The highest BCUT2D eigenvalue weighted by atomic mass is 127. The highest BCUT2D eigenvalue weighted by Crippen LogP contribution is 2.25. The Hall–Kier alpha value is -1.09. The molecular formula is C18H26BrIN4O. The lowest BCUT2D eigenvalue weighted by molar-refractivity contribution is 0.461. The predicted octanol–water partition coefficient (Wildman–Crippen LogP) is 4.31. The summed E-state index contributed by atoms with van der Waals surface area (Å²) in [5.41, 5.74) is 2.15. The fourth-order valence-corrected chi connectivity index (χ4v) is 2.71. The van der Waals surface area contributed by atoms with E-state index >= 15 is 0 Å². The van der Waals surface area contributed by atoms with Crippen LogP contribution in [-0.2, 0) is 12.0 Å². The lowest BCUT2D eigenvalue weighted by atomic mass is 9.85. The molecule has 0 aliphatic rings. The lowest BCUT2D eigenvalue weighted by Crippen LogP contribution is -2.43. The number of nitrogens with zero attached hydrogens (tertiary/aromatic N) is 2. The van der Waals surface area contributed by atoms with Gasteiger partial charge in [-0.25, -0.2) is 4.98 Å². The fraction of sp³-hybridized carbons (Fsp3) is 0.444. The molecule has 0 atom stereocenters. The normalized spacial score (nSPS) is 11.8. The fourth-order valence-electron chi connectivity index (χ4n) is 2.31. The van der Waals surface area contributed by atoms with Crippen molar-refractivity contribution in [1.29, 1.82) is 0 Å². The number of benzene rings is 1. The van der Waals surface area contributed by atoms with Gasteiger partial charge in [0.2, 0.25) is 5.89 Å². The Morgan fingerprint density at radius 2 is 2.00 bits per heavy atom. The molecule has 0 aliphatic heterocycles. The summed E-state index contributed by atoms with van der Waals surface area (Å²) in [6.45, 7) is 9.53. The van der Waals surface area contributed by atoms with Crippen molar-refractivity contribution < 1.29 is 4.42 Å². The summed E-state index contributed by atoms with van der Waals surface area (Å²) in [5.74, 6) is 2.25. The third kappa shape index (κ3) is 6.29. The van der Waals surface area contributed by atoms with Gasteiger partial charge in [0.1, 0.15) is 5.76 Å². The zero-order chi connectivity index (χ0) is 17.7. The Balaban J connectivity index is 0.00000312. The summed E-state index contributed by atoms with van der Waals surface area (Å²) >= 11 is 3.53. The maximum absolute atomic E-state index is 5.58. The predicted molar refractivity (Wildman–Crippen MR) is 117 cm³/mol. The molecule has 5 nitrogen and oxygen atoms in total. The smallest absolute Gasteiger partial charge is 0.214 e. The van der Waals surface area contributed by atoms with E-state index in [2.05, 4.69) is 68.6 Å². The van der Waals surface area contributed by atoms with Crippen molar-refractivity contribution in [3.05, 3.63) is 51.6 Å². The number of hydrogen-bond acceptors (Lipinski definition) is 3. The maximum Gasteiger partial charge on any atom is 0.214 e. The number of halogens is 2. The first-order chi connectivity index (χ1) is 11.3. The van der Waals surface area contributed by atoms with Gasteiger partial charge in [-0.2, -0.15) is 0 Å². The van der Waals surface area contributed by atoms with E-state index in [4.69, 9.17) is 4.42 Å². The third-order valence-electron chi connectivity index (χ3n) is 4.01. The van der Waals surface area contributed by atoms with Crippen LogP contribution in [0.25, 0.3) is 0 Å². The highest BCUT2D eigenvalue weighted by molar-refractivity contribution is 14.0. The topological polar surface area (TPSA) is 62.5 Å². The van der Waals surface area contributed by atoms with Gasteiger partial charge in [-0.1, -0.05) is 41.9 Å². The van der Waals surface area contributed by atoms with Crippen LogP contribution in [0.15, 0.2) is 38.1 Å². The van der Waals surface area contributed by atoms with Gasteiger partial charge in [0.25, 0.3) is 0 Å². The van der Waals surface area contributed by atoms with E-state index in [0.29, 0.717) is 12.4 Å². The Labute approximate surface area is 175 Å². The van der Waals surface area contributed by atoms with Crippen LogP contribution in [-0.4, -0.2) is 24.5 Å². The van der Waals surface area contributed by atoms with E-state index in [9.17, 15) is 0 Å². The number of nitrogens with one attached hydrogen (secondary N) is 2. The monoisotopic (exact) mass is 520 g/mol. The van der Waals surface area contributed by atoms with E-state index in [-0.39, 0.29) is 29.4 Å². The SMILES string of the molecule is CN=C(NCc1nc(C)c(C)o1)NCC(C)(C)c1cccc(Br)c1.I. The molecule has 138 valence electrons. The van der Waals surface area contributed by atoms with E-state index in [0.717, 1.165) is 28.4 Å². The molecule has 0 saturated carbocycles. The standard InChI is InChI=1S/C18H25BrN4O.HI/c1-12-13(2)24-16(23-12)10-21-17(20-5)22-11-18(3,4)14-7-6-8-15(19)9-14;/h6-9H,10-11H2,1-5H3,(H2,20,21,22);1H. The Morgan fingerprint density at radius 1 is 1.28 bits per heavy atom. The summed E-state index contributed by atoms with van der Waals surface area (Å²) in [4.78, 5) is 8.63. The molecule has 0 bridgehead atoms. The van der Waals surface area contributed by atoms with Gasteiger partial charge < -0.3 is 15.1 Å². The molecule has 0 amide bonds. The molecule has 0 spiro atoms. The quantitative estimate of drug-likeness (QED) is 0.350. The van der Waals surface area contributed by atoms with Crippen molar-refractivity contribution in [2.45, 2.75) is 39.7 Å². The molecule has 2 N–H and O–H groups in total.